The van der Waals surface area contributed by atoms with Crippen LogP contribution in [0.2, 0.25) is 10.0 Å². The number of fused-ring (bicyclic) bond motifs is 1. The molecular weight excluding hydrogens is 339 g/mol. The molecule has 2 aromatic heterocycles. The van der Waals surface area contributed by atoms with E-state index >= 15 is 0 Å². The van der Waals surface area contributed by atoms with Gasteiger partial charge < -0.3 is 0 Å². The van der Waals surface area contributed by atoms with Crippen LogP contribution in [0.5, 0.6) is 0 Å². The zero-order chi connectivity index (χ0) is 15.1. The molecular formula is C15H8Cl2N4S. The van der Waals surface area contributed by atoms with Crippen molar-refractivity contribution < 1.29 is 0 Å². The topological polar surface area (TPSA) is 43.1 Å². The summed E-state index contributed by atoms with van der Waals surface area (Å²) in [5.74, 6) is 0.682. The maximum absolute atomic E-state index is 6.23. The summed E-state index contributed by atoms with van der Waals surface area (Å²) in [6.45, 7) is 0. The quantitative estimate of drug-likeness (QED) is 0.522. The van der Waals surface area contributed by atoms with Gasteiger partial charge in [-0.15, -0.1) is 10.2 Å². The highest BCUT2D eigenvalue weighted by Gasteiger charge is 2.15. The minimum Gasteiger partial charge on any atom is -0.182 e. The number of nitrogens with zero attached hydrogens (tertiary/aromatic N) is 4. The van der Waals surface area contributed by atoms with Gasteiger partial charge in [0.25, 0.3) is 0 Å². The Balaban J connectivity index is 1.86. The van der Waals surface area contributed by atoms with E-state index < -0.39 is 0 Å². The predicted molar refractivity (Wildman–Crippen MR) is 89.6 cm³/mol. The van der Waals surface area contributed by atoms with Crippen molar-refractivity contribution in [2.75, 3.05) is 0 Å². The van der Waals surface area contributed by atoms with E-state index in [1.165, 1.54) is 11.3 Å². The molecule has 0 spiro atoms. The van der Waals surface area contributed by atoms with Gasteiger partial charge in [0, 0.05) is 16.1 Å². The Bertz CT molecular complexity index is 959. The smallest absolute Gasteiger partial charge is 0.182 e. The van der Waals surface area contributed by atoms with Crippen LogP contribution < -0.4 is 0 Å². The lowest BCUT2D eigenvalue weighted by molar-refractivity contribution is 0.971. The molecule has 4 nitrogen and oxygen atoms in total. The van der Waals surface area contributed by atoms with Crippen LogP contribution in [0.1, 0.15) is 0 Å². The van der Waals surface area contributed by atoms with E-state index in [9.17, 15) is 0 Å². The Labute approximate surface area is 140 Å². The molecule has 0 unspecified atom stereocenters. The average molecular weight is 347 g/mol. The van der Waals surface area contributed by atoms with Crippen LogP contribution in [0.25, 0.3) is 26.9 Å². The summed E-state index contributed by atoms with van der Waals surface area (Å²) in [5, 5.41) is 15.1. The molecule has 2 heterocycles. The summed E-state index contributed by atoms with van der Waals surface area (Å²) in [6.07, 6.45) is 0. The first-order chi connectivity index (χ1) is 10.7. The van der Waals surface area contributed by atoms with Crippen LogP contribution in [0, 0.1) is 0 Å². The molecule has 4 aromatic rings. The van der Waals surface area contributed by atoms with E-state index in [4.69, 9.17) is 23.2 Å². The fraction of sp³-hybridized carbons (Fsp3) is 0. The van der Waals surface area contributed by atoms with Gasteiger partial charge in [0.05, 0.1) is 5.02 Å². The molecule has 0 saturated heterocycles. The van der Waals surface area contributed by atoms with Crippen molar-refractivity contribution in [1.29, 1.82) is 0 Å². The zero-order valence-electron chi connectivity index (χ0n) is 11.1. The van der Waals surface area contributed by atoms with Gasteiger partial charge in [0.1, 0.15) is 5.01 Å². The summed E-state index contributed by atoms with van der Waals surface area (Å²) in [7, 11) is 0. The Morgan fingerprint density at radius 1 is 0.909 bits per heavy atom. The molecule has 0 atom stereocenters. The van der Waals surface area contributed by atoms with Gasteiger partial charge in [0.15, 0.2) is 5.82 Å². The zero-order valence-corrected chi connectivity index (χ0v) is 13.4. The van der Waals surface area contributed by atoms with Crippen molar-refractivity contribution in [2.24, 2.45) is 0 Å². The molecule has 0 radical (unpaired) electrons. The molecule has 108 valence electrons. The number of halogens is 2. The summed E-state index contributed by atoms with van der Waals surface area (Å²) in [4.78, 5) is 0.722. The lowest BCUT2D eigenvalue weighted by atomic mass is 10.2. The standard InChI is InChI=1S/C15H8Cl2N4S/c16-10-7-5-9(6-8-10)13-18-19-15-21(13)20-14(22-15)11-3-1-2-4-12(11)17/h1-8H. The predicted octanol–water partition coefficient (Wildman–Crippen LogP) is 4.83. The highest BCUT2D eigenvalue weighted by atomic mass is 35.5. The van der Waals surface area contributed by atoms with E-state index in [-0.39, 0.29) is 0 Å². The van der Waals surface area contributed by atoms with Crippen LogP contribution in [-0.4, -0.2) is 19.8 Å². The van der Waals surface area contributed by atoms with Crippen LogP contribution >= 0.6 is 34.5 Å². The minimum absolute atomic E-state index is 0.667. The summed E-state index contributed by atoms with van der Waals surface area (Å²) >= 11 is 13.6. The molecule has 22 heavy (non-hydrogen) atoms. The maximum Gasteiger partial charge on any atom is 0.235 e. The minimum atomic E-state index is 0.667. The summed E-state index contributed by atoms with van der Waals surface area (Å²) in [5.41, 5.74) is 1.80. The fourth-order valence-electron chi connectivity index (χ4n) is 2.14. The molecule has 4 rings (SSSR count). The SMILES string of the molecule is Clc1ccc(-c2nnc3sc(-c4ccccc4Cl)nn23)cc1. The van der Waals surface area contributed by atoms with Crippen molar-refractivity contribution >= 4 is 39.5 Å². The normalized spacial score (nSPS) is 11.2. The molecule has 7 heteroatoms. The van der Waals surface area contributed by atoms with Crippen LogP contribution in [-0.2, 0) is 0 Å². The second-order valence-electron chi connectivity index (χ2n) is 4.61. The second kappa shape index (κ2) is 5.35. The van der Waals surface area contributed by atoms with Crippen LogP contribution in [0.3, 0.4) is 0 Å². The molecule has 0 aliphatic heterocycles. The second-order valence-corrected chi connectivity index (χ2v) is 6.41. The highest BCUT2D eigenvalue weighted by Crippen LogP contribution is 2.32. The van der Waals surface area contributed by atoms with Crippen LogP contribution in [0.4, 0.5) is 0 Å². The monoisotopic (exact) mass is 346 g/mol. The van der Waals surface area contributed by atoms with Crippen molar-refractivity contribution in [3.05, 3.63) is 58.6 Å². The Morgan fingerprint density at radius 3 is 2.45 bits per heavy atom. The van der Waals surface area contributed by atoms with Gasteiger partial charge >= 0.3 is 0 Å². The van der Waals surface area contributed by atoms with Crippen molar-refractivity contribution in [3.63, 3.8) is 0 Å². The fourth-order valence-corrected chi connectivity index (χ4v) is 3.43. The molecule has 0 aliphatic carbocycles. The first-order valence-corrected chi connectivity index (χ1v) is 8.03. The lowest BCUT2D eigenvalue weighted by Crippen LogP contribution is -1.91. The maximum atomic E-state index is 6.23. The van der Waals surface area contributed by atoms with Crippen LogP contribution in [0.15, 0.2) is 48.5 Å². The largest absolute Gasteiger partial charge is 0.235 e. The number of aromatic nitrogens is 4. The van der Waals surface area contributed by atoms with Gasteiger partial charge in [-0.1, -0.05) is 52.7 Å². The molecule has 0 amide bonds. The molecule has 0 saturated carbocycles. The van der Waals surface area contributed by atoms with Gasteiger partial charge in [-0.05, 0) is 30.3 Å². The molecule has 0 fully saturated rings. The van der Waals surface area contributed by atoms with Crippen molar-refractivity contribution in [2.45, 2.75) is 0 Å². The Morgan fingerprint density at radius 2 is 1.68 bits per heavy atom. The van der Waals surface area contributed by atoms with Gasteiger partial charge in [-0.3, -0.25) is 0 Å². The van der Waals surface area contributed by atoms with E-state index in [2.05, 4.69) is 15.3 Å². The van der Waals surface area contributed by atoms with E-state index in [0.717, 1.165) is 21.1 Å². The number of rotatable bonds is 2. The van der Waals surface area contributed by atoms with E-state index in [0.29, 0.717) is 15.9 Å². The van der Waals surface area contributed by atoms with Crippen molar-refractivity contribution in [1.82, 2.24) is 19.8 Å². The molecule has 0 aliphatic rings. The third-order valence-corrected chi connectivity index (χ3v) is 4.71. The first kappa shape index (κ1) is 13.7. The Kier molecular flexibility index (Phi) is 3.33. The number of hydrogen-bond donors (Lipinski definition) is 0. The van der Waals surface area contributed by atoms with E-state index in [1.807, 2.05) is 48.5 Å². The van der Waals surface area contributed by atoms with Gasteiger partial charge in [-0.2, -0.15) is 9.61 Å². The first-order valence-electron chi connectivity index (χ1n) is 6.45. The Hall–Kier alpha value is -1.95. The van der Waals surface area contributed by atoms with Gasteiger partial charge in [0.2, 0.25) is 4.96 Å². The van der Waals surface area contributed by atoms with E-state index in [1.54, 1.807) is 4.52 Å². The lowest BCUT2D eigenvalue weighted by Gasteiger charge is -1.99. The van der Waals surface area contributed by atoms with Crippen molar-refractivity contribution in [3.8, 4) is 22.0 Å². The third-order valence-electron chi connectivity index (χ3n) is 3.20. The summed E-state index contributed by atoms with van der Waals surface area (Å²) in [6, 6.07) is 15.0. The molecule has 0 bridgehead atoms. The number of benzene rings is 2. The third kappa shape index (κ3) is 2.27. The highest BCUT2D eigenvalue weighted by molar-refractivity contribution is 7.19. The number of hydrogen-bond acceptors (Lipinski definition) is 4. The summed E-state index contributed by atoms with van der Waals surface area (Å²) < 4.78 is 1.73. The average Bonchev–Trinajstić information content (AvgIpc) is 3.09. The molecule has 2 aromatic carbocycles. The molecule has 0 N–H and O–H groups in total. The van der Waals surface area contributed by atoms with Gasteiger partial charge in [-0.25, -0.2) is 0 Å².